The van der Waals surface area contributed by atoms with Crippen molar-refractivity contribution in [3.63, 3.8) is 0 Å². The largest absolute Gasteiger partial charge is 0.497 e. The monoisotopic (exact) mass is 312 g/mol. The Balaban J connectivity index is 1.55. The first-order chi connectivity index (χ1) is 11.3. The van der Waals surface area contributed by atoms with Gasteiger partial charge in [-0.1, -0.05) is 42.5 Å². The van der Waals surface area contributed by atoms with Crippen LogP contribution in [0.5, 0.6) is 5.75 Å². The Labute approximate surface area is 137 Å². The third-order valence-electron chi connectivity index (χ3n) is 3.61. The molecular formula is C19H24N2O2. The lowest BCUT2D eigenvalue weighted by atomic mass is 10.1. The lowest BCUT2D eigenvalue weighted by Gasteiger charge is -2.07. The number of carbonyl (C=O) groups excluding carboxylic acids is 1. The number of hydrogen-bond acceptors (Lipinski definition) is 3. The van der Waals surface area contributed by atoms with Crippen molar-refractivity contribution in [1.82, 2.24) is 10.6 Å². The van der Waals surface area contributed by atoms with Crippen LogP contribution in [0.15, 0.2) is 54.6 Å². The highest BCUT2D eigenvalue weighted by atomic mass is 16.5. The SMILES string of the molecule is COc1ccc(CCNCC(=O)NCCc2ccccc2)cc1. The molecule has 0 saturated carbocycles. The van der Waals surface area contributed by atoms with Gasteiger partial charge in [-0.2, -0.15) is 0 Å². The average Bonchev–Trinajstić information content (AvgIpc) is 2.60. The second-order valence-corrected chi connectivity index (χ2v) is 5.36. The predicted molar refractivity (Wildman–Crippen MR) is 92.7 cm³/mol. The van der Waals surface area contributed by atoms with Crippen LogP contribution in [0.1, 0.15) is 11.1 Å². The molecule has 0 atom stereocenters. The molecule has 2 aromatic carbocycles. The molecular weight excluding hydrogens is 288 g/mol. The summed E-state index contributed by atoms with van der Waals surface area (Å²) in [5.41, 5.74) is 2.46. The molecule has 2 N–H and O–H groups in total. The minimum Gasteiger partial charge on any atom is -0.497 e. The molecule has 0 bridgehead atoms. The van der Waals surface area contributed by atoms with E-state index in [9.17, 15) is 4.79 Å². The maximum absolute atomic E-state index is 11.7. The van der Waals surface area contributed by atoms with Gasteiger partial charge < -0.3 is 15.4 Å². The number of ether oxygens (including phenoxy) is 1. The normalized spacial score (nSPS) is 10.3. The summed E-state index contributed by atoms with van der Waals surface area (Å²) < 4.78 is 5.13. The van der Waals surface area contributed by atoms with E-state index in [4.69, 9.17) is 4.74 Å². The molecule has 4 heteroatoms. The molecule has 23 heavy (non-hydrogen) atoms. The van der Waals surface area contributed by atoms with Gasteiger partial charge in [0.05, 0.1) is 13.7 Å². The van der Waals surface area contributed by atoms with E-state index in [0.29, 0.717) is 13.1 Å². The number of rotatable bonds is 9. The fourth-order valence-electron chi connectivity index (χ4n) is 2.28. The Hall–Kier alpha value is -2.33. The van der Waals surface area contributed by atoms with Gasteiger partial charge in [0.25, 0.3) is 0 Å². The molecule has 122 valence electrons. The minimum absolute atomic E-state index is 0.0377. The average molecular weight is 312 g/mol. The number of hydrogen-bond donors (Lipinski definition) is 2. The summed E-state index contributed by atoms with van der Waals surface area (Å²) in [6.07, 6.45) is 1.75. The van der Waals surface area contributed by atoms with Crippen LogP contribution in [-0.4, -0.2) is 32.7 Å². The lowest BCUT2D eigenvalue weighted by molar-refractivity contribution is -0.120. The van der Waals surface area contributed by atoms with E-state index in [0.717, 1.165) is 25.1 Å². The van der Waals surface area contributed by atoms with Gasteiger partial charge in [-0.15, -0.1) is 0 Å². The molecule has 0 aromatic heterocycles. The summed E-state index contributed by atoms with van der Waals surface area (Å²) >= 11 is 0. The van der Waals surface area contributed by atoms with Crippen LogP contribution < -0.4 is 15.4 Å². The van der Waals surface area contributed by atoms with E-state index in [-0.39, 0.29) is 5.91 Å². The van der Waals surface area contributed by atoms with Gasteiger partial charge in [0.1, 0.15) is 5.75 Å². The molecule has 0 heterocycles. The summed E-state index contributed by atoms with van der Waals surface area (Å²) in [7, 11) is 1.66. The van der Waals surface area contributed by atoms with Crippen molar-refractivity contribution in [2.24, 2.45) is 0 Å². The summed E-state index contributed by atoms with van der Waals surface area (Å²) in [5.74, 6) is 0.898. The van der Waals surface area contributed by atoms with Gasteiger partial charge in [0, 0.05) is 6.54 Å². The third kappa shape index (κ3) is 6.53. The second kappa shape index (κ2) is 9.64. The van der Waals surface area contributed by atoms with Crippen molar-refractivity contribution in [2.75, 3.05) is 26.7 Å². The summed E-state index contributed by atoms with van der Waals surface area (Å²) in [6, 6.07) is 18.1. The fraction of sp³-hybridized carbons (Fsp3) is 0.316. The molecule has 0 unspecified atom stereocenters. The number of benzene rings is 2. The van der Waals surface area contributed by atoms with E-state index in [1.54, 1.807) is 7.11 Å². The van der Waals surface area contributed by atoms with Crippen LogP contribution in [0.4, 0.5) is 0 Å². The van der Waals surface area contributed by atoms with Crippen LogP contribution in [0, 0.1) is 0 Å². The van der Waals surface area contributed by atoms with Gasteiger partial charge in [-0.25, -0.2) is 0 Å². The molecule has 2 aromatic rings. The van der Waals surface area contributed by atoms with E-state index in [1.165, 1.54) is 11.1 Å². The summed E-state index contributed by atoms with van der Waals surface area (Å²) in [6.45, 7) is 1.80. The number of amides is 1. The zero-order valence-electron chi connectivity index (χ0n) is 13.5. The zero-order valence-corrected chi connectivity index (χ0v) is 13.5. The van der Waals surface area contributed by atoms with E-state index in [2.05, 4.69) is 22.8 Å². The Kier molecular flexibility index (Phi) is 7.14. The van der Waals surface area contributed by atoms with Gasteiger partial charge in [-0.3, -0.25) is 4.79 Å². The number of methoxy groups -OCH3 is 1. The number of nitrogens with one attached hydrogen (secondary N) is 2. The molecule has 0 aliphatic carbocycles. The molecule has 4 nitrogen and oxygen atoms in total. The topological polar surface area (TPSA) is 50.4 Å². The van der Waals surface area contributed by atoms with Gasteiger partial charge in [0.15, 0.2) is 0 Å². The summed E-state index contributed by atoms with van der Waals surface area (Å²) in [4.78, 5) is 11.7. The second-order valence-electron chi connectivity index (χ2n) is 5.36. The van der Waals surface area contributed by atoms with Crippen molar-refractivity contribution < 1.29 is 9.53 Å². The standard InChI is InChI=1S/C19H24N2O2/c1-23-18-9-7-17(8-10-18)11-13-20-15-19(22)21-14-12-16-5-3-2-4-6-16/h2-10,20H,11-15H2,1H3,(H,21,22). The lowest BCUT2D eigenvalue weighted by Crippen LogP contribution is -2.35. The highest BCUT2D eigenvalue weighted by molar-refractivity contribution is 5.77. The first-order valence-electron chi connectivity index (χ1n) is 7.92. The molecule has 0 aliphatic rings. The van der Waals surface area contributed by atoms with E-state index < -0.39 is 0 Å². The quantitative estimate of drug-likeness (QED) is 0.698. The van der Waals surface area contributed by atoms with Crippen LogP contribution in [0.25, 0.3) is 0 Å². The predicted octanol–water partition coefficient (Wildman–Crippen LogP) is 2.19. The Morgan fingerprint density at radius 1 is 0.913 bits per heavy atom. The maximum atomic E-state index is 11.7. The van der Waals surface area contributed by atoms with Crippen molar-refractivity contribution in [2.45, 2.75) is 12.8 Å². The summed E-state index contributed by atoms with van der Waals surface area (Å²) in [5, 5.41) is 6.09. The van der Waals surface area contributed by atoms with Crippen molar-refractivity contribution in [3.8, 4) is 5.75 Å². The Bertz CT molecular complexity index is 582. The molecule has 0 radical (unpaired) electrons. The molecule has 0 aliphatic heterocycles. The highest BCUT2D eigenvalue weighted by Crippen LogP contribution is 2.11. The molecule has 0 fully saturated rings. The Morgan fingerprint density at radius 2 is 1.57 bits per heavy atom. The first kappa shape index (κ1) is 17.0. The van der Waals surface area contributed by atoms with Crippen molar-refractivity contribution >= 4 is 5.91 Å². The fourth-order valence-corrected chi connectivity index (χ4v) is 2.28. The van der Waals surface area contributed by atoms with Crippen LogP contribution in [0.3, 0.4) is 0 Å². The molecule has 1 amide bonds. The highest BCUT2D eigenvalue weighted by Gasteiger charge is 2.01. The Morgan fingerprint density at radius 3 is 2.26 bits per heavy atom. The van der Waals surface area contributed by atoms with E-state index in [1.807, 2.05) is 42.5 Å². The molecule has 2 rings (SSSR count). The van der Waals surface area contributed by atoms with Gasteiger partial charge in [0.2, 0.25) is 5.91 Å². The third-order valence-corrected chi connectivity index (χ3v) is 3.61. The van der Waals surface area contributed by atoms with Crippen LogP contribution in [0.2, 0.25) is 0 Å². The van der Waals surface area contributed by atoms with Gasteiger partial charge >= 0.3 is 0 Å². The minimum atomic E-state index is 0.0377. The smallest absolute Gasteiger partial charge is 0.233 e. The van der Waals surface area contributed by atoms with E-state index >= 15 is 0 Å². The van der Waals surface area contributed by atoms with Gasteiger partial charge in [-0.05, 0) is 42.6 Å². The van der Waals surface area contributed by atoms with Crippen molar-refractivity contribution in [1.29, 1.82) is 0 Å². The first-order valence-corrected chi connectivity index (χ1v) is 7.92. The maximum Gasteiger partial charge on any atom is 0.233 e. The zero-order chi connectivity index (χ0) is 16.3. The van der Waals surface area contributed by atoms with Crippen molar-refractivity contribution in [3.05, 3.63) is 65.7 Å². The van der Waals surface area contributed by atoms with Crippen LogP contribution >= 0.6 is 0 Å². The van der Waals surface area contributed by atoms with Crippen LogP contribution in [-0.2, 0) is 17.6 Å². The molecule has 0 saturated heterocycles. The molecule has 0 spiro atoms. The number of carbonyl (C=O) groups is 1.